The maximum absolute atomic E-state index is 12.5. The lowest BCUT2D eigenvalue weighted by Gasteiger charge is -2.25. The number of fused-ring (bicyclic) bond motifs is 2. The first-order chi connectivity index (χ1) is 9.97. The van der Waals surface area contributed by atoms with Gasteiger partial charge in [0.25, 0.3) is 0 Å². The molecule has 2 aliphatic carbocycles. The molecule has 1 amide bonds. The van der Waals surface area contributed by atoms with E-state index in [9.17, 15) is 14.7 Å². The van der Waals surface area contributed by atoms with E-state index in [0.29, 0.717) is 5.76 Å². The van der Waals surface area contributed by atoms with Crippen molar-refractivity contribution in [2.75, 3.05) is 0 Å². The standard InChI is InChI=1S/C16H19NO4/c1-8-3-6-12(21-8)9(2)17-15(18)13-10-4-5-11(7-10)14(13)16(19)20/h3-6,9-11,13-14H,7H2,1-2H3,(H,17,18)(H,19,20). The number of amides is 1. The minimum atomic E-state index is -0.881. The van der Waals surface area contributed by atoms with E-state index in [1.54, 1.807) is 0 Å². The fourth-order valence-electron chi connectivity index (χ4n) is 3.58. The molecule has 1 saturated carbocycles. The van der Waals surface area contributed by atoms with Crippen LogP contribution in [0.3, 0.4) is 0 Å². The van der Waals surface area contributed by atoms with E-state index in [2.05, 4.69) is 5.32 Å². The van der Waals surface area contributed by atoms with Crippen LogP contribution in [0.15, 0.2) is 28.7 Å². The van der Waals surface area contributed by atoms with Gasteiger partial charge in [0.05, 0.1) is 17.9 Å². The summed E-state index contributed by atoms with van der Waals surface area (Å²) >= 11 is 0. The lowest BCUT2D eigenvalue weighted by atomic mass is 9.82. The minimum Gasteiger partial charge on any atom is -0.481 e. The molecule has 2 N–H and O–H groups in total. The van der Waals surface area contributed by atoms with Crippen LogP contribution in [0.25, 0.3) is 0 Å². The first-order valence-corrected chi connectivity index (χ1v) is 7.25. The quantitative estimate of drug-likeness (QED) is 0.833. The van der Waals surface area contributed by atoms with Crippen molar-refractivity contribution in [1.29, 1.82) is 0 Å². The zero-order chi connectivity index (χ0) is 15.1. The first kappa shape index (κ1) is 13.9. The SMILES string of the molecule is Cc1ccc(C(C)NC(=O)C2C3C=CC(C3)C2C(=O)O)o1. The maximum Gasteiger partial charge on any atom is 0.307 e. The normalized spacial score (nSPS) is 31.3. The third kappa shape index (κ3) is 2.37. The zero-order valence-corrected chi connectivity index (χ0v) is 12.1. The second-order valence-corrected chi connectivity index (χ2v) is 6.02. The molecule has 0 radical (unpaired) electrons. The van der Waals surface area contributed by atoms with Crippen molar-refractivity contribution in [3.63, 3.8) is 0 Å². The van der Waals surface area contributed by atoms with Crippen molar-refractivity contribution in [3.05, 3.63) is 35.8 Å². The van der Waals surface area contributed by atoms with Gasteiger partial charge in [-0.25, -0.2) is 0 Å². The predicted molar refractivity (Wildman–Crippen MR) is 75.4 cm³/mol. The molecule has 0 spiro atoms. The van der Waals surface area contributed by atoms with Crippen LogP contribution in [0, 0.1) is 30.6 Å². The highest BCUT2D eigenvalue weighted by atomic mass is 16.4. The van der Waals surface area contributed by atoms with Gasteiger partial charge in [0, 0.05) is 0 Å². The Bertz CT molecular complexity index is 603. The summed E-state index contributed by atoms with van der Waals surface area (Å²) in [6.07, 6.45) is 4.69. The summed E-state index contributed by atoms with van der Waals surface area (Å²) < 4.78 is 5.50. The summed E-state index contributed by atoms with van der Waals surface area (Å²) in [6, 6.07) is 3.41. The van der Waals surface area contributed by atoms with Gasteiger partial charge in [-0.15, -0.1) is 0 Å². The van der Waals surface area contributed by atoms with Crippen molar-refractivity contribution in [3.8, 4) is 0 Å². The summed E-state index contributed by atoms with van der Waals surface area (Å²) in [5, 5.41) is 12.3. The van der Waals surface area contributed by atoms with Crippen LogP contribution in [0.1, 0.15) is 30.9 Å². The third-order valence-corrected chi connectivity index (χ3v) is 4.59. The highest BCUT2D eigenvalue weighted by Gasteiger charge is 2.51. The van der Waals surface area contributed by atoms with Crippen molar-refractivity contribution in [2.45, 2.75) is 26.3 Å². The van der Waals surface area contributed by atoms with Gasteiger partial charge in [0.1, 0.15) is 11.5 Å². The number of carbonyl (C=O) groups excluding carboxylic acids is 1. The summed E-state index contributed by atoms with van der Waals surface area (Å²) in [6.45, 7) is 3.69. The Labute approximate surface area is 123 Å². The van der Waals surface area contributed by atoms with Crippen molar-refractivity contribution < 1.29 is 19.1 Å². The van der Waals surface area contributed by atoms with Crippen molar-refractivity contribution in [2.24, 2.45) is 23.7 Å². The molecule has 3 rings (SSSR count). The van der Waals surface area contributed by atoms with Gasteiger partial charge in [-0.05, 0) is 44.2 Å². The number of aliphatic carboxylic acids is 1. The number of furan rings is 1. The fourth-order valence-corrected chi connectivity index (χ4v) is 3.58. The molecule has 5 unspecified atom stereocenters. The molecule has 1 aromatic rings. The van der Waals surface area contributed by atoms with Crippen LogP contribution in [0.4, 0.5) is 0 Å². The largest absolute Gasteiger partial charge is 0.481 e. The van der Waals surface area contributed by atoms with Gasteiger partial charge in [-0.2, -0.15) is 0 Å². The average molecular weight is 289 g/mol. The molecule has 0 aromatic carbocycles. The molecule has 2 bridgehead atoms. The second kappa shape index (κ2) is 5.06. The number of rotatable bonds is 4. The number of hydrogen-bond acceptors (Lipinski definition) is 3. The molecule has 5 atom stereocenters. The van der Waals surface area contributed by atoms with E-state index in [1.165, 1.54) is 0 Å². The lowest BCUT2D eigenvalue weighted by Crippen LogP contribution is -2.41. The Morgan fingerprint density at radius 1 is 1.29 bits per heavy atom. The van der Waals surface area contributed by atoms with E-state index in [1.807, 2.05) is 38.1 Å². The van der Waals surface area contributed by atoms with Crippen LogP contribution >= 0.6 is 0 Å². The summed E-state index contributed by atoms with van der Waals surface area (Å²) in [7, 11) is 0. The number of allylic oxidation sites excluding steroid dienone is 2. The Morgan fingerprint density at radius 3 is 2.52 bits per heavy atom. The zero-order valence-electron chi connectivity index (χ0n) is 12.1. The second-order valence-electron chi connectivity index (χ2n) is 6.02. The number of carboxylic acid groups (broad SMARTS) is 1. The molecule has 112 valence electrons. The Kier molecular flexibility index (Phi) is 3.35. The molecule has 1 heterocycles. The molecule has 21 heavy (non-hydrogen) atoms. The monoisotopic (exact) mass is 289 g/mol. The first-order valence-electron chi connectivity index (χ1n) is 7.25. The summed E-state index contributed by atoms with van der Waals surface area (Å²) in [5.74, 6) is -0.648. The smallest absolute Gasteiger partial charge is 0.307 e. The van der Waals surface area contributed by atoms with Crippen LogP contribution in [-0.4, -0.2) is 17.0 Å². The van der Waals surface area contributed by atoms with Crippen molar-refractivity contribution >= 4 is 11.9 Å². The van der Waals surface area contributed by atoms with Gasteiger partial charge in [0.2, 0.25) is 5.91 Å². The molecule has 2 aliphatic rings. The fraction of sp³-hybridized carbons (Fsp3) is 0.500. The van der Waals surface area contributed by atoms with E-state index >= 15 is 0 Å². The van der Waals surface area contributed by atoms with E-state index in [-0.39, 0.29) is 23.8 Å². The average Bonchev–Trinajstić information content (AvgIpc) is 3.12. The highest BCUT2D eigenvalue weighted by Crippen LogP contribution is 2.48. The number of carbonyl (C=O) groups is 2. The van der Waals surface area contributed by atoms with Gasteiger partial charge in [0.15, 0.2) is 0 Å². The molecule has 0 aliphatic heterocycles. The van der Waals surface area contributed by atoms with Crippen LogP contribution in [0.5, 0.6) is 0 Å². The summed E-state index contributed by atoms with van der Waals surface area (Å²) in [4.78, 5) is 23.9. The summed E-state index contributed by atoms with van der Waals surface area (Å²) in [5.41, 5.74) is 0. The van der Waals surface area contributed by atoms with Gasteiger partial charge in [-0.3, -0.25) is 9.59 Å². The predicted octanol–water partition coefficient (Wildman–Crippen LogP) is 2.29. The molecular weight excluding hydrogens is 270 g/mol. The minimum absolute atomic E-state index is 0.00980. The van der Waals surface area contributed by atoms with Gasteiger partial charge >= 0.3 is 5.97 Å². The molecule has 5 nitrogen and oxygen atoms in total. The number of carboxylic acids is 1. The van der Waals surface area contributed by atoms with Crippen LogP contribution < -0.4 is 5.32 Å². The number of hydrogen-bond donors (Lipinski definition) is 2. The lowest BCUT2D eigenvalue weighted by molar-refractivity contribution is -0.148. The molecule has 5 heteroatoms. The van der Waals surface area contributed by atoms with Crippen LogP contribution in [0.2, 0.25) is 0 Å². The Morgan fingerprint density at radius 2 is 1.95 bits per heavy atom. The Hall–Kier alpha value is -2.04. The Balaban J connectivity index is 1.73. The van der Waals surface area contributed by atoms with Gasteiger partial charge in [-0.1, -0.05) is 12.2 Å². The van der Waals surface area contributed by atoms with E-state index < -0.39 is 17.8 Å². The van der Waals surface area contributed by atoms with E-state index in [4.69, 9.17) is 4.42 Å². The topological polar surface area (TPSA) is 79.5 Å². The third-order valence-electron chi connectivity index (χ3n) is 4.59. The molecule has 1 aromatic heterocycles. The number of nitrogens with one attached hydrogen (secondary N) is 1. The van der Waals surface area contributed by atoms with Crippen molar-refractivity contribution in [1.82, 2.24) is 5.32 Å². The molecule has 0 saturated heterocycles. The molecule has 1 fully saturated rings. The van der Waals surface area contributed by atoms with Gasteiger partial charge < -0.3 is 14.8 Å². The maximum atomic E-state index is 12.5. The number of aryl methyl sites for hydroxylation is 1. The highest BCUT2D eigenvalue weighted by molar-refractivity contribution is 5.87. The van der Waals surface area contributed by atoms with E-state index in [0.717, 1.165) is 12.2 Å². The molecular formula is C16H19NO4. The van der Waals surface area contributed by atoms with Crippen LogP contribution in [-0.2, 0) is 9.59 Å².